The van der Waals surface area contributed by atoms with Crippen LogP contribution >= 0.6 is 0 Å². The fourth-order valence-corrected chi connectivity index (χ4v) is 3.00. The molecule has 0 saturated carbocycles. The molecule has 0 aliphatic carbocycles. The number of fused-ring (bicyclic) bond motifs is 1. The summed E-state index contributed by atoms with van der Waals surface area (Å²) in [7, 11) is 0. The van der Waals surface area contributed by atoms with Gasteiger partial charge in [-0.15, -0.1) is 0 Å². The molecule has 0 radical (unpaired) electrons. The van der Waals surface area contributed by atoms with E-state index in [4.69, 9.17) is 4.74 Å². The molecule has 0 saturated heterocycles. The van der Waals surface area contributed by atoms with Crippen molar-refractivity contribution in [2.75, 3.05) is 5.32 Å². The summed E-state index contributed by atoms with van der Waals surface area (Å²) in [5.41, 5.74) is 3.64. The highest BCUT2D eigenvalue weighted by molar-refractivity contribution is 5.95. The summed E-state index contributed by atoms with van der Waals surface area (Å²) in [6.45, 7) is 3.92. The predicted octanol–water partition coefficient (Wildman–Crippen LogP) is 2.83. The SMILES string of the molecule is Cc1cc(C)n(-c2ccc(NC(=O)C3Cc4ccccc4O3)cn2)n1. The van der Waals surface area contributed by atoms with Gasteiger partial charge in [0.15, 0.2) is 11.9 Å². The number of pyridine rings is 1. The molecule has 6 nitrogen and oxygen atoms in total. The van der Waals surface area contributed by atoms with Crippen LogP contribution in [0.5, 0.6) is 5.75 Å². The third-order valence-corrected chi connectivity index (χ3v) is 4.18. The molecule has 1 N–H and O–H groups in total. The number of nitrogens with zero attached hydrogens (tertiary/aromatic N) is 3. The Morgan fingerprint density at radius 1 is 1.24 bits per heavy atom. The Labute approximate surface area is 145 Å². The van der Waals surface area contributed by atoms with Crippen molar-refractivity contribution in [3.8, 4) is 11.6 Å². The van der Waals surface area contributed by atoms with E-state index in [0.717, 1.165) is 22.7 Å². The normalized spacial score (nSPS) is 15.5. The number of aryl methyl sites for hydroxylation is 2. The van der Waals surface area contributed by atoms with Crippen LogP contribution in [0.3, 0.4) is 0 Å². The highest BCUT2D eigenvalue weighted by Gasteiger charge is 2.28. The number of hydrogen-bond donors (Lipinski definition) is 1. The van der Waals surface area contributed by atoms with Crippen molar-refractivity contribution in [2.24, 2.45) is 0 Å². The monoisotopic (exact) mass is 334 g/mol. The molecule has 2 aromatic heterocycles. The van der Waals surface area contributed by atoms with E-state index in [1.807, 2.05) is 56.3 Å². The van der Waals surface area contributed by atoms with Gasteiger partial charge >= 0.3 is 0 Å². The van der Waals surface area contributed by atoms with Gasteiger partial charge in [0, 0.05) is 12.1 Å². The standard InChI is InChI=1S/C19H18N4O2/c1-12-9-13(2)23(22-12)18-8-7-15(11-20-18)21-19(24)17-10-14-5-3-4-6-16(14)25-17/h3-9,11,17H,10H2,1-2H3,(H,21,24). The van der Waals surface area contributed by atoms with Gasteiger partial charge in [0.05, 0.1) is 17.6 Å². The van der Waals surface area contributed by atoms with Gasteiger partial charge in [0.1, 0.15) is 5.75 Å². The largest absolute Gasteiger partial charge is 0.480 e. The number of rotatable bonds is 3. The van der Waals surface area contributed by atoms with Crippen LogP contribution in [-0.2, 0) is 11.2 Å². The zero-order chi connectivity index (χ0) is 17.4. The quantitative estimate of drug-likeness (QED) is 0.800. The molecule has 0 bridgehead atoms. The number of anilines is 1. The summed E-state index contributed by atoms with van der Waals surface area (Å²) in [6.07, 6.45) is 1.71. The highest BCUT2D eigenvalue weighted by atomic mass is 16.5. The maximum absolute atomic E-state index is 12.4. The summed E-state index contributed by atoms with van der Waals surface area (Å²) < 4.78 is 7.48. The van der Waals surface area contributed by atoms with Gasteiger partial charge in [-0.05, 0) is 43.7 Å². The second-order valence-electron chi connectivity index (χ2n) is 6.15. The fourth-order valence-electron chi connectivity index (χ4n) is 3.00. The average molecular weight is 334 g/mol. The minimum Gasteiger partial charge on any atom is -0.480 e. The first kappa shape index (κ1) is 15.4. The number of benzene rings is 1. The molecule has 6 heteroatoms. The molecular weight excluding hydrogens is 316 g/mol. The number of amides is 1. The van der Waals surface area contributed by atoms with E-state index in [2.05, 4.69) is 15.4 Å². The maximum Gasteiger partial charge on any atom is 0.265 e. The smallest absolute Gasteiger partial charge is 0.265 e. The molecule has 3 aromatic rings. The van der Waals surface area contributed by atoms with E-state index in [1.165, 1.54) is 0 Å². The number of carbonyl (C=O) groups is 1. The van der Waals surface area contributed by atoms with Crippen molar-refractivity contribution in [1.82, 2.24) is 14.8 Å². The number of para-hydroxylation sites is 1. The van der Waals surface area contributed by atoms with E-state index < -0.39 is 6.10 Å². The second kappa shape index (κ2) is 6.05. The van der Waals surface area contributed by atoms with Crippen molar-refractivity contribution in [1.29, 1.82) is 0 Å². The first-order valence-corrected chi connectivity index (χ1v) is 8.15. The Morgan fingerprint density at radius 3 is 2.76 bits per heavy atom. The van der Waals surface area contributed by atoms with Crippen LogP contribution in [-0.4, -0.2) is 26.8 Å². The van der Waals surface area contributed by atoms with Gasteiger partial charge in [-0.3, -0.25) is 4.79 Å². The van der Waals surface area contributed by atoms with E-state index in [0.29, 0.717) is 17.9 Å². The molecule has 25 heavy (non-hydrogen) atoms. The summed E-state index contributed by atoms with van der Waals surface area (Å²) in [4.78, 5) is 16.8. The molecule has 1 unspecified atom stereocenters. The van der Waals surface area contributed by atoms with Crippen LogP contribution in [0.1, 0.15) is 17.0 Å². The van der Waals surface area contributed by atoms with E-state index in [1.54, 1.807) is 10.9 Å². The van der Waals surface area contributed by atoms with Crippen LogP contribution in [0.15, 0.2) is 48.7 Å². The topological polar surface area (TPSA) is 69.0 Å². The Morgan fingerprint density at radius 2 is 2.08 bits per heavy atom. The van der Waals surface area contributed by atoms with Crippen LogP contribution in [0.2, 0.25) is 0 Å². The molecule has 3 heterocycles. The Kier molecular flexibility index (Phi) is 3.72. The zero-order valence-electron chi connectivity index (χ0n) is 14.1. The van der Waals surface area contributed by atoms with E-state index >= 15 is 0 Å². The van der Waals surface area contributed by atoms with Crippen LogP contribution in [0.4, 0.5) is 5.69 Å². The molecular formula is C19H18N4O2. The van der Waals surface area contributed by atoms with Gasteiger partial charge in [0.25, 0.3) is 5.91 Å². The molecule has 1 aromatic carbocycles. The third kappa shape index (κ3) is 2.98. The molecule has 4 rings (SSSR count). The van der Waals surface area contributed by atoms with Gasteiger partial charge in [0.2, 0.25) is 0 Å². The molecule has 1 aliphatic rings. The summed E-state index contributed by atoms with van der Waals surface area (Å²) in [5.74, 6) is 1.32. The molecule has 1 amide bonds. The molecule has 0 fully saturated rings. The predicted molar refractivity (Wildman–Crippen MR) is 94.0 cm³/mol. The van der Waals surface area contributed by atoms with Gasteiger partial charge < -0.3 is 10.1 Å². The Bertz CT molecular complexity index is 906. The molecule has 1 aliphatic heterocycles. The minimum atomic E-state index is -0.506. The number of nitrogens with one attached hydrogen (secondary N) is 1. The second-order valence-corrected chi connectivity index (χ2v) is 6.15. The van der Waals surface area contributed by atoms with E-state index in [-0.39, 0.29) is 5.91 Å². The molecule has 126 valence electrons. The Hall–Kier alpha value is -3.15. The first-order chi connectivity index (χ1) is 12.1. The van der Waals surface area contributed by atoms with Crippen LogP contribution < -0.4 is 10.1 Å². The molecule has 0 spiro atoms. The lowest BCUT2D eigenvalue weighted by Gasteiger charge is -2.11. The van der Waals surface area contributed by atoms with Crippen LogP contribution in [0, 0.1) is 13.8 Å². The number of carbonyl (C=O) groups excluding carboxylic acids is 1. The fraction of sp³-hybridized carbons (Fsp3) is 0.211. The zero-order valence-corrected chi connectivity index (χ0v) is 14.1. The Balaban J connectivity index is 1.45. The lowest BCUT2D eigenvalue weighted by molar-refractivity contribution is -0.122. The van der Waals surface area contributed by atoms with Crippen molar-refractivity contribution in [3.63, 3.8) is 0 Å². The number of ether oxygens (including phenoxy) is 1. The van der Waals surface area contributed by atoms with Crippen molar-refractivity contribution in [3.05, 3.63) is 65.6 Å². The lowest BCUT2D eigenvalue weighted by atomic mass is 10.1. The lowest BCUT2D eigenvalue weighted by Crippen LogP contribution is -2.31. The maximum atomic E-state index is 12.4. The minimum absolute atomic E-state index is 0.170. The summed E-state index contributed by atoms with van der Waals surface area (Å²) in [6, 6.07) is 13.4. The van der Waals surface area contributed by atoms with Gasteiger partial charge in [-0.1, -0.05) is 18.2 Å². The summed E-state index contributed by atoms with van der Waals surface area (Å²) in [5, 5.41) is 7.26. The van der Waals surface area contributed by atoms with E-state index in [9.17, 15) is 4.79 Å². The third-order valence-electron chi connectivity index (χ3n) is 4.18. The average Bonchev–Trinajstić information content (AvgIpc) is 3.18. The molecule has 1 atom stereocenters. The van der Waals surface area contributed by atoms with Crippen molar-refractivity contribution < 1.29 is 9.53 Å². The highest BCUT2D eigenvalue weighted by Crippen LogP contribution is 2.28. The van der Waals surface area contributed by atoms with Gasteiger partial charge in [-0.2, -0.15) is 5.10 Å². The van der Waals surface area contributed by atoms with Crippen molar-refractivity contribution >= 4 is 11.6 Å². The first-order valence-electron chi connectivity index (χ1n) is 8.15. The van der Waals surface area contributed by atoms with Crippen molar-refractivity contribution in [2.45, 2.75) is 26.4 Å². The number of aromatic nitrogens is 3. The summed E-state index contributed by atoms with van der Waals surface area (Å²) >= 11 is 0. The van der Waals surface area contributed by atoms with Crippen LogP contribution in [0.25, 0.3) is 5.82 Å². The number of hydrogen-bond acceptors (Lipinski definition) is 4. The van der Waals surface area contributed by atoms with Gasteiger partial charge in [-0.25, -0.2) is 9.67 Å².